The molecule has 30 heavy (non-hydrogen) atoms. The Morgan fingerprint density at radius 1 is 0.800 bits per heavy atom. The van der Waals surface area contributed by atoms with Gasteiger partial charge in [-0.05, 0) is 46.7 Å². The maximum absolute atomic E-state index is 12.7. The highest BCUT2D eigenvalue weighted by molar-refractivity contribution is 7.08. The van der Waals surface area contributed by atoms with Crippen molar-refractivity contribution in [2.45, 2.75) is 6.54 Å². The fourth-order valence-electron chi connectivity index (χ4n) is 3.28. The smallest absolute Gasteiger partial charge is 0.251 e. The molecule has 0 spiro atoms. The van der Waals surface area contributed by atoms with Crippen LogP contribution < -0.4 is 5.32 Å². The van der Waals surface area contributed by atoms with Gasteiger partial charge in [0.05, 0.1) is 22.4 Å². The predicted molar refractivity (Wildman–Crippen MR) is 124 cm³/mol. The van der Waals surface area contributed by atoms with Crippen molar-refractivity contribution < 1.29 is 4.79 Å². The highest BCUT2D eigenvalue weighted by Crippen LogP contribution is 2.33. The second-order valence-electron chi connectivity index (χ2n) is 6.82. The number of benzene rings is 2. The Morgan fingerprint density at radius 2 is 1.47 bits per heavy atom. The van der Waals surface area contributed by atoms with Crippen LogP contribution in [0.1, 0.15) is 15.9 Å². The van der Waals surface area contributed by atoms with Gasteiger partial charge in [0.15, 0.2) is 0 Å². The molecule has 0 fully saturated rings. The Balaban J connectivity index is 1.51. The molecule has 0 radical (unpaired) electrons. The lowest BCUT2D eigenvalue weighted by Crippen LogP contribution is -2.22. The molecule has 4 nitrogen and oxygen atoms in total. The molecule has 0 aliphatic heterocycles. The van der Waals surface area contributed by atoms with Gasteiger partial charge >= 0.3 is 0 Å². The molecule has 1 N–H and O–H groups in total. The number of hydrogen-bond acceptors (Lipinski definition) is 5. The largest absolute Gasteiger partial charge is 0.348 e. The SMILES string of the molecule is O=C(NCc1ccccc1)c1ccc2nc(-c3ccsc3)c(-c3ccsc3)nc2c1. The molecular weight excluding hydrogens is 410 g/mol. The molecule has 5 aromatic rings. The van der Waals surface area contributed by atoms with E-state index in [0.717, 1.165) is 33.6 Å². The van der Waals surface area contributed by atoms with Crippen molar-refractivity contribution in [2.75, 3.05) is 0 Å². The number of fused-ring (bicyclic) bond motifs is 1. The molecule has 0 saturated heterocycles. The molecule has 0 aliphatic carbocycles. The third-order valence-corrected chi connectivity index (χ3v) is 6.18. The third kappa shape index (κ3) is 3.75. The Bertz CT molecular complexity index is 1300. The van der Waals surface area contributed by atoms with Crippen LogP contribution >= 0.6 is 22.7 Å². The molecule has 0 unspecified atom stereocenters. The molecule has 0 saturated carbocycles. The van der Waals surface area contributed by atoms with Gasteiger partial charge in [-0.15, -0.1) is 0 Å². The lowest BCUT2D eigenvalue weighted by Gasteiger charge is -2.10. The zero-order valence-electron chi connectivity index (χ0n) is 15.9. The Labute approximate surface area is 181 Å². The van der Waals surface area contributed by atoms with Gasteiger partial charge in [0, 0.05) is 34.0 Å². The highest BCUT2D eigenvalue weighted by atomic mass is 32.1. The predicted octanol–water partition coefficient (Wildman–Crippen LogP) is 6.02. The first kappa shape index (κ1) is 18.7. The van der Waals surface area contributed by atoms with Gasteiger partial charge in [-0.1, -0.05) is 30.3 Å². The van der Waals surface area contributed by atoms with E-state index in [1.54, 1.807) is 28.7 Å². The van der Waals surface area contributed by atoms with Crippen LogP contribution in [0.5, 0.6) is 0 Å². The topological polar surface area (TPSA) is 54.9 Å². The molecule has 0 atom stereocenters. The third-order valence-electron chi connectivity index (χ3n) is 4.81. The minimum Gasteiger partial charge on any atom is -0.348 e. The summed E-state index contributed by atoms with van der Waals surface area (Å²) in [5.74, 6) is -0.124. The molecule has 146 valence electrons. The van der Waals surface area contributed by atoms with E-state index in [9.17, 15) is 4.79 Å². The molecule has 3 aromatic heterocycles. The highest BCUT2D eigenvalue weighted by Gasteiger charge is 2.15. The van der Waals surface area contributed by atoms with Crippen LogP contribution in [-0.4, -0.2) is 15.9 Å². The quantitative estimate of drug-likeness (QED) is 0.373. The van der Waals surface area contributed by atoms with Gasteiger partial charge in [-0.3, -0.25) is 4.79 Å². The minimum absolute atomic E-state index is 0.124. The summed E-state index contributed by atoms with van der Waals surface area (Å²) in [5, 5.41) is 11.2. The van der Waals surface area contributed by atoms with Gasteiger partial charge in [0.1, 0.15) is 0 Å². The first-order chi connectivity index (χ1) is 14.8. The van der Waals surface area contributed by atoms with Crippen LogP contribution in [-0.2, 0) is 6.54 Å². The zero-order chi connectivity index (χ0) is 20.3. The van der Waals surface area contributed by atoms with E-state index in [4.69, 9.17) is 9.97 Å². The van der Waals surface area contributed by atoms with Gasteiger partial charge < -0.3 is 5.32 Å². The summed E-state index contributed by atoms with van der Waals surface area (Å²) in [5.41, 5.74) is 6.92. The van der Waals surface area contributed by atoms with Crippen LogP contribution in [0.2, 0.25) is 0 Å². The summed E-state index contributed by atoms with van der Waals surface area (Å²) < 4.78 is 0. The van der Waals surface area contributed by atoms with E-state index in [-0.39, 0.29) is 5.91 Å². The summed E-state index contributed by atoms with van der Waals surface area (Å²) in [6.45, 7) is 0.487. The summed E-state index contributed by atoms with van der Waals surface area (Å²) in [6, 6.07) is 19.5. The van der Waals surface area contributed by atoms with Crippen molar-refractivity contribution in [3.63, 3.8) is 0 Å². The van der Waals surface area contributed by atoms with Crippen LogP contribution in [0.25, 0.3) is 33.5 Å². The zero-order valence-corrected chi connectivity index (χ0v) is 17.5. The number of carbonyl (C=O) groups is 1. The van der Waals surface area contributed by atoms with Crippen LogP contribution in [0.3, 0.4) is 0 Å². The first-order valence-corrected chi connectivity index (χ1v) is 11.4. The molecule has 6 heteroatoms. The lowest BCUT2D eigenvalue weighted by molar-refractivity contribution is 0.0951. The van der Waals surface area contributed by atoms with Crippen molar-refractivity contribution in [3.05, 3.63) is 93.3 Å². The van der Waals surface area contributed by atoms with Gasteiger partial charge in [0.2, 0.25) is 0 Å². The normalized spacial score (nSPS) is 10.9. The van der Waals surface area contributed by atoms with Crippen LogP contribution in [0.15, 0.2) is 82.2 Å². The van der Waals surface area contributed by atoms with Crippen molar-refractivity contribution in [1.82, 2.24) is 15.3 Å². The number of nitrogens with zero attached hydrogens (tertiary/aromatic N) is 2. The Hall–Kier alpha value is -3.35. The number of rotatable bonds is 5. The number of thiophene rings is 2. The van der Waals surface area contributed by atoms with Crippen LogP contribution in [0, 0.1) is 0 Å². The maximum atomic E-state index is 12.7. The molecule has 0 bridgehead atoms. The van der Waals surface area contributed by atoms with Crippen molar-refractivity contribution in [1.29, 1.82) is 0 Å². The fraction of sp³-hybridized carbons (Fsp3) is 0.0417. The standard InChI is InChI=1S/C24H17N3OS2/c28-24(25-13-16-4-2-1-3-5-16)17-6-7-20-21(12-17)27-23(19-9-11-30-15-19)22(26-20)18-8-10-29-14-18/h1-12,14-15H,13H2,(H,25,28). The summed E-state index contributed by atoms with van der Waals surface area (Å²) >= 11 is 3.27. The molecule has 5 rings (SSSR count). The number of nitrogens with one attached hydrogen (secondary N) is 1. The van der Waals surface area contributed by atoms with E-state index in [0.29, 0.717) is 17.6 Å². The second kappa shape index (κ2) is 8.18. The maximum Gasteiger partial charge on any atom is 0.251 e. The van der Waals surface area contributed by atoms with E-state index in [1.807, 2.05) is 59.3 Å². The molecule has 0 aliphatic rings. The monoisotopic (exact) mass is 427 g/mol. The van der Waals surface area contributed by atoms with E-state index >= 15 is 0 Å². The van der Waals surface area contributed by atoms with E-state index < -0.39 is 0 Å². The number of carbonyl (C=O) groups excluding carboxylic acids is 1. The average molecular weight is 428 g/mol. The average Bonchev–Trinajstić information content (AvgIpc) is 3.51. The van der Waals surface area contributed by atoms with Crippen molar-refractivity contribution in [2.24, 2.45) is 0 Å². The van der Waals surface area contributed by atoms with Crippen molar-refractivity contribution in [3.8, 4) is 22.5 Å². The molecule has 2 aromatic carbocycles. The van der Waals surface area contributed by atoms with Gasteiger partial charge in [-0.25, -0.2) is 9.97 Å². The number of amides is 1. The summed E-state index contributed by atoms with van der Waals surface area (Å²) in [4.78, 5) is 22.5. The fourth-order valence-corrected chi connectivity index (χ4v) is 4.56. The molecule has 1 amide bonds. The summed E-state index contributed by atoms with van der Waals surface area (Å²) in [6.07, 6.45) is 0. The lowest BCUT2D eigenvalue weighted by atomic mass is 10.1. The molecule has 3 heterocycles. The number of aromatic nitrogens is 2. The Morgan fingerprint density at radius 3 is 2.10 bits per heavy atom. The summed E-state index contributed by atoms with van der Waals surface area (Å²) in [7, 11) is 0. The van der Waals surface area contributed by atoms with E-state index in [2.05, 4.69) is 22.1 Å². The van der Waals surface area contributed by atoms with Gasteiger partial charge in [-0.2, -0.15) is 22.7 Å². The van der Waals surface area contributed by atoms with Crippen LogP contribution in [0.4, 0.5) is 0 Å². The van der Waals surface area contributed by atoms with Crippen molar-refractivity contribution >= 4 is 39.6 Å². The number of hydrogen-bond donors (Lipinski definition) is 1. The minimum atomic E-state index is -0.124. The van der Waals surface area contributed by atoms with Gasteiger partial charge in [0.25, 0.3) is 5.91 Å². The second-order valence-corrected chi connectivity index (χ2v) is 8.38. The van der Waals surface area contributed by atoms with E-state index in [1.165, 1.54) is 0 Å². The molecular formula is C24H17N3OS2. The Kier molecular flexibility index (Phi) is 5.09. The first-order valence-electron chi connectivity index (χ1n) is 9.47.